The number of rotatable bonds is 4. The SMILES string of the molecule is c1ccc(-c2ccc(-c3cc(-c4cccc5c4-c4ccccc4C54c5ccccc5-c5ccccc5-c5ccccc54)nc(-c4ccccc4)n3)cc2)cc1. The van der Waals surface area contributed by atoms with Crippen LogP contribution in [-0.2, 0) is 5.41 Å². The van der Waals surface area contributed by atoms with Crippen molar-refractivity contribution in [2.45, 2.75) is 5.41 Å². The van der Waals surface area contributed by atoms with Crippen molar-refractivity contribution >= 4 is 0 Å². The van der Waals surface area contributed by atoms with Crippen LogP contribution in [0.3, 0.4) is 0 Å². The molecule has 0 unspecified atom stereocenters. The molecule has 2 aliphatic carbocycles. The second-order valence-electron chi connectivity index (χ2n) is 14.4. The lowest BCUT2D eigenvalue weighted by Gasteiger charge is -2.35. The third-order valence-corrected chi connectivity index (χ3v) is 11.6. The van der Waals surface area contributed by atoms with Gasteiger partial charge in [0.05, 0.1) is 16.8 Å². The Labute approximate surface area is 321 Å². The van der Waals surface area contributed by atoms with Gasteiger partial charge in [0, 0.05) is 16.7 Å². The fourth-order valence-electron chi connectivity index (χ4n) is 9.22. The van der Waals surface area contributed by atoms with Gasteiger partial charge in [-0.25, -0.2) is 9.97 Å². The molecule has 2 nitrogen and oxygen atoms in total. The van der Waals surface area contributed by atoms with Gasteiger partial charge in [-0.05, 0) is 72.8 Å². The zero-order chi connectivity index (χ0) is 36.3. The molecule has 0 N–H and O–H groups in total. The van der Waals surface area contributed by atoms with Gasteiger partial charge >= 0.3 is 0 Å². The lowest BCUT2D eigenvalue weighted by molar-refractivity contribution is 0.775. The van der Waals surface area contributed by atoms with Gasteiger partial charge in [-0.1, -0.05) is 200 Å². The van der Waals surface area contributed by atoms with E-state index in [0.29, 0.717) is 5.82 Å². The Morgan fingerprint density at radius 1 is 0.273 bits per heavy atom. The Kier molecular flexibility index (Phi) is 7.11. The first-order valence-corrected chi connectivity index (χ1v) is 18.9. The predicted octanol–water partition coefficient (Wildman–Crippen LogP) is 13.2. The van der Waals surface area contributed by atoms with Crippen molar-refractivity contribution in [3.05, 3.63) is 229 Å². The molecule has 0 bridgehead atoms. The monoisotopic (exact) mass is 698 g/mol. The van der Waals surface area contributed by atoms with Crippen LogP contribution in [0.15, 0.2) is 206 Å². The topological polar surface area (TPSA) is 25.8 Å². The summed E-state index contributed by atoms with van der Waals surface area (Å²) < 4.78 is 0. The van der Waals surface area contributed by atoms with Crippen LogP contribution < -0.4 is 0 Å². The van der Waals surface area contributed by atoms with E-state index in [-0.39, 0.29) is 0 Å². The normalized spacial score (nSPS) is 12.9. The molecule has 0 atom stereocenters. The minimum Gasteiger partial charge on any atom is -0.228 e. The van der Waals surface area contributed by atoms with Crippen LogP contribution >= 0.6 is 0 Å². The van der Waals surface area contributed by atoms with Crippen LogP contribution in [0.4, 0.5) is 0 Å². The molecule has 55 heavy (non-hydrogen) atoms. The fourth-order valence-corrected chi connectivity index (χ4v) is 9.22. The van der Waals surface area contributed by atoms with E-state index in [4.69, 9.17) is 9.97 Å². The maximum atomic E-state index is 5.38. The highest BCUT2D eigenvalue weighted by molar-refractivity contribution is 6.00. The van der Waals surface area contributed by atoms with E-state index in [2.05, 4.69) is 200 Å². The number of nitrogens with zero attached hydrogens (tertiary/aromatic N) is 2. The summed E-state index contributed by atoms with van der Waals surface area (Å²) in [7, 11) is 0. The van der Waals surface area contributed by atoms with E-state index in [1.54, 1.807) is 0 Å². The van der Waals surface area contributed by atoms with Gasteiger partial charge < -0.3 is 0 Å². The van der Waals surface area contributed by atoms with Crippen molar-refractivity contribution in [1.29, 1.82) is 0 Å². The van der Waals surface area contributed by atoms with Gasteiger partial charge in [0.1, 0.15) is 0 Å². The zero-order valence-electron chi connectivity index (χ0n) is 30.0. The Bertz CT molecular complexity index is 2840. The number of hydrogen-bond acceptors (Lipinski definition) is 2. The van der Waals surface area contributed by atoms with Gasteiger partial charge in [-0.3, -0.25) is 0 Å². The maximum absolute atomic E-state index is 5.38. The molecule has 11 rings (SSSR count). The summed E-state index contributed by atoms with van der Waals surface area (Å²) in [5.74, 6) is 0.708. The second-order valence-corrected chi connectivity index (χ2v) is 14.4. The molecule has 1 spiro atoms. The summed E-state index contributed by atoms with van der Waals surface area (Å²) in [6.07, 6.45) is 0. The molecule has 0 fully saturated rings. The molecule has 256 valence electrons. The fraction of sp³-hybridized carbons (Fsp3) is 0.0189. The standard InChI is InChI=1S/C53H34N2/c1-3-16-35(17-4-1)36-30-32-37(33-31-36)49-34-50(55-52(54-49)38-18-5-2-6-19-38)44-25-15-29-48-51(44)43-24-11-14-28-47(43)53(48)45-26-12-9-22-41(45)39-20-7-8-21-40(39)42-23-10-13-27-46(42)53/h1-34H. The first-order chi connectivity index (χ1) is 27.3. The summed E-state index contributed by atoms with van der Waals surface area (Å²) in [5.41, 5.74) is 19.4. The van der Waals surface area contributed by atoms with Crippen LogP contribution in [0.1, 0.15) is 22.3 Å². The molecule has 0 saturated heterocycles. The van der Waals surface area contributed by atoms with Crippen LogP contribution in [0, 0.1) is 0 Å². The lowest BCUT2D eigenvalue weighted by atomic mass is 9.66. The smallest absolute Gasteiger partial charge is 0.160 e. The molecule has 1 heterocycles. The summed E-state index contributed by atoms with van der Waals surface area (Å²) in [6.45, 7) is 0. The number of benzene rings is 8. The molecule has 2 aliphatic rings. The molecular formula is C53H34N2. The third-order valence-electron chi connectivity index (χ3n) is 11.6. The average Bonchev–Trinajstić information content (AvgIpc) is 3.52. The molecule has 0 radical (unpaired) electrons. The first kappa shape index (κ1) is 31.4. The molecule has 0 amide bonds. The highest BCUT2D eigenvalue weighted by atomic mass is 14.9. The van der Waals surface area contributed by atoms with Gasteiger partial charge in [-0.15, -0.1) is 0 Å². The summed E-state index contributed by atoms with van der Waals surface area (Å²) in [5, 5.41) is 0. The van der Waals surface area contributed by atoms with Gasteiger partial charge in [0.15, 0.2) is 5.82 Å². The molecule has 1 aromatic heterocycles. The van der Waals surface area contributed by atoms with E-state index in [9.17, 15) is 0 Å². The minimum absolute atomic E-state index is 0.556. The first-order valence-electron chi connectivity index (χ1n) is 18.9. The number of fused-ring (bicyclic) bond motifs is 12. The Morgan fingerprint density at radius 3 is 1.31 bits per heavy atom. The molecule has 8 aromatic carbocycles. The molecular weight excluding hydrogens is 665 g/mol. The van der Waals surface area contributed by atoms with E-state index in [0.717, 1.165) is 28.1 Å². The van der Waals surface area contributed by atoms with Crippen molar-refractivity contribution < 1.29 is 0 Å². The van der Waals surface area contributed by atoms with Crippen LogP contribution in [0.25, 0.3) is 78.4 Å². The largest absolute Gasteiger partial charge is 0.228 e. The van der Waals surface area contributed by atoms with Crippen LogP contribution in [0.2, 0.25) is 0 Å². The summed E-state index contributed by atoms with van der Waals surface area (Å²) >= 11 is 0. The van der Waals surface area contributed by atoms with E-state index < -0.39 is 5.41 Å². The predicted molar refractivity (Wildman–Crippen MR) is 226 cm³/mol. The maximum Gasteiger partial charge on any atom is 0.160 e. The third kappa shape index (κ3) is 4.75. The molecule has 2 heteroatoms. The van der Waals surface area contributed by atoms with E-state index in [1.165, 1.54) is 66.8 Å². The van der Waals surface area contributed by atoms with Gasteiger partial charge in [-0.2, -0.15) is 0 Å². The minimum atomic E-state index is -0.556. The van der Waals surface area contributed by atoms with Crippen molar-refractivity contribution in [3.63, 3.8) is 0 Å². The van der Waals surface area contributed by atoms with E-state index in [1.807, 2.05) is 6.07 Å². The van der Waals surface area contributed by atoms with E-state index >= 15 is 0 Å². The second kappa shape index (κ2) is 12.5. The van der Waals surface area contributed by atoms with Crippen molar-refractivity contribution in [2.24, 2.45) is 0 Å². The van der Waals surface area contributed by atoms with Crippen molar-refractivity contribution in [1.82, 2.24) is 9.97 Å². The highest BCUT2D eigenvalue weighted by Crippen LogP contribution is 2.62. The van der Waals surface area contributed by atoms with Crippen LogP contribution in [0.5, 0.6) is 0 Å². The Hall–Kier alpha value is -7.16. The zero-order valence-corrected chi connectivity index (χ0v) is 30.0. The van der Waals surface area contributed by atoms with Gasteiger partial charge in [0.2, 0.25) is 0 Å². The highest BCUT2D eigenvalue weighted by Gasteiger charge is 2.50. The molecule has 0 aliphatic heterocycles. The van der Waals surface area contributed by atoms with Crippen molar-refractivity contribution in [3.8, 4) is 78.4 Å². The van der Waals surface area contributed by atoms with Crippen LogP contribution in [-0.4, -0.2) is 9.97 Å². The Morgan fingerprint density at radius 2 is 0.691 bits per heavy atom. The average molecular weight is 699 g/mol. The number of hydrogen-bond donors (Lipinski definition) is 0. The number of aromatic nitrogens is 2. The van der Waals surface area contributed by atoms with Crippen molar-refractivity contribution in [2.75, 3.05) is 0 Å². The Balaban J connectivity index is 1.19. The summed E-state index contributed by atoms with van der Waals surface area (Å²) in [6, 6.07) is 74.6. The van der Waals surface area contributed by atoms with Gasteiger partial charge in [0.25, 0.3) is 0 Å². The molecule has 0 saturated carbocycles. The quantitative estimate of drug-likeness (QED) is 0.183. The lowest BCUT2D eigenvalue weighted by Crippen LogP contribution is -2.29. The molecule has 9 aromatic rings. The summed E-state index contributed by atoms with van der Waals surface area (Å²) in [4.78, 5) is 10.6.